The summed E-state index contributed by atoms with van der Waals surface area (Å²) in [5.41, 5.74) is 1.42. The molecule has 0 amide bonds. The number of hydrogen-bond donors (Lipinski definition) is 0. The Balaban J connectivity index is 1.70. The summed E-state index contributed by atoms with van der Waals surface area (Å²) in [5, 5.41) is 11.0. The summed E-state index contributed by atoms with van der Waals surface area (Å²) in [7, 11) is 0. The second-order valence-electron chi connectivity index (χ2n) is 5.45. The number of halogens is 1. The third-order valence-electron chi connectivity index (χ3n) is 3.63. The molecule has 1 aliphatic rings. The van der Waals surface area contributed by atoms with Crippen molar-refractivity contribution in [3.8, 4) is 5.75 Å². The van der Waals surface area contributed by atoms with Crippen LogP contribution in [-0.4, -0.2) is 17.7 Å². The Labute approximate surface area is 147 Å². The van der Waals surface area contributed by atoms with Gasteiger partial charge >= 0.3 is 5.97 Å². The Hall–Kier alpha value is -3.26. The molecule has 134 valence electrons. The van der Waals surface area contributed by atoms with Crippen LogP contribution in [0.25, 0.3) is 6.08 Å². The van der Waals surface area contributed by atoms with E-state index < -0.39 is 10.9 Å². The van der Waals surface area contributed by atoms with Gasteiger partial charge in [-0.1, -0.05) is 12.1 Å². The normalized spacial score (nSPS) is 13.1. The lowest BCUT2D eigenvalue weighted by Gasteiger charge is -2.20. The molecular weight excluding hydrogens is 345 g/mol. The van der Waals surface area contributed by atoms with Crippen molar-refractivity contribution < 1.29 is 28.3 Å². The van der Waals surface area contributed by atoms with Crippen LogP contribution in [0.3, 0.4) is 0 Å². The first kappa shape index (κ1) is 17.6. The number of nitrogens with zero attached hydrogens (tertiary/aromatic N) is 1. The Morgan fingerprint density at radius 2 is 2.08 bits per heavy atom. The number of hydrogen-bond acceptors (Lipinski definition) is 6. The number of rotatable bonds is 5. The Kier molecular flexibility index (Phi) is 5.23. The maximum Gasteiger partial charge on any atom is 0.331 e. The Morgan fingerprint density at radius 3 is 2.81 bits per heavy atom. The van der Waals surface area contributed by atoms with E-state index in [-0.39, 0.29) is 31.5 Å². The summed E-state index contributed by atoms with van der Waals surface area (Å²) in [6.45, 7) is 0.0231. The molecule has 1 heterocycles. The summed E-state index contributed by atoms with van der Waals surface area (Å²) in [6.07, 6.45) is 2.68. The number of carbonyl (C=O) groups excluding carboxylic acids is 1. The van der Waals surface area contributed by atoms with Crippen LogP contribution in [0, 0.1) is 15.9 Å². The lowest BCUT2D eigenvalue weighted by molar-refractivity contribution is -0.385. The molecule has 0 N–H and O–H groups in total. The number of nitro groups is 1. The molecule has 0 bridgehead atoms. The fraction of sp³-hybridized carbons (Fsp3) is 0.167. The maximum atomic E-state index is 12.8. The lowest BCUT2D eigenvalue weighted by atomic mass is 10.1. The average Bonchev–Trinajstić information content (AvgIpc) is 2.65. The van der Waals surface area contributed by atoms with Crippen LogP contribution in [0.15, 0.2) is 42.5 Å². The van der Waals surface area contributed by atoms with Gasteiger partial charge in [0, 0.05) is 29.3 Å². The topological polar surface area (TPSA) is 87.9 Å². The van der Waals surface area contributed by atoms with Crippen molar-refractivity contribution in [2.75, 3.05) is 6.79 Å². The van der Waals surface area contributed by atoms with Gasteiger partial charge in [0.1, 0.15) is 18.2 Å². The van der Waals surface area contributed by atoms with Crippen LogP contribution in [0.5, 0.6) is 5.75 Å². The summed E-state index contributed by atoms with van der Waals surface area (Å²) < 4.78 is 28.5. The first-order valence-electron chi connectivity index (χ1n) is 7.64. The van der Waals surface area contributed by atoms with Crippen LogP contribution in [0.2, 0.25) is 0 Å². The molecule has 2 aromatic carbocycles. The zero-order valence-corrected chi connectivity index (χ0v) is 13.5. The molecule has 0 radical (unpaired) electrons. The summed E-state index contributed by atoms with van der Waals surface area (Å²) in [5.74, 6) is -0.581. The van der Waals surface area contributed by atoms with Gasteiger partial charge < -0.3 is 14.2 Å². The average molecular weight is 359 g/mol. The number of fused-ring (bicyclic) bond motifs is 1. The molecule has 0 aliphatic carbocycles. The molecule has 0 unspecified atom stereocenters. The lowest BCUT2D eigenvalue weighted by Crippen LogP contribution is -2.14. The molecule has 0 atom stereocenters. The summed E-state index contributed by atoms with van der Waals surface area (Å²) >= 11 is 0. The van der Waals surface area contributed by atoms with E-state index >= 15 is 0 Å². The van der Waals surface area contributed by atoms with Crippen LogP contribution in [0.4, 0.5) is 10.1 Å². The number of benzene rings is 2. The van der Waals surface area contributed by atoms with E-state index in [0.717, 1.165) is 0 Å². The first-order chi connectivity index (χ1) is 12.5. The standard InChI is InChI=1S/C18H14FNO6/c19-15-4-1-12(2-5-15)3-6-17(21)25-10-14-8-16(20(22)23)7-13-9-24-11-26-18(13)14/h1-8H,9-11H2/b6-3+. The molecule has 8 heteroatoms. The van der Waals surface area contributed by atoms with Gasteiger partial charge in [-0.15, -0.1) is 0 Å². The minimum absolute atomic E-state index is 0.0240. The minimum Gasteiger partial charge on any atom is -0.467 e. The summed E-state index contributed by atoms with van der Waals surface area (Å²) in [6, 6.07) is 8.27. The number of nitro benzene ring substituents is 1. The van der Waals surface area contributed by atoms with Gasteiger partial charge in [-0.3, -0.25) is 10.1 Å². The largest absolute Gasteiger partial charge is 0.467 e. The van der Waals surface area contributed by atoms with Crippen molar-refractivity contribution >= 4 is 17.7 Å². The highest BCUT2D eigenvalue weighted by molar-refractivity contribution is 5.87. The third kappa shape index (κ3) is 4.22. The fourth-order valence-corrected chi connectivity index (χ4v) is 2.43. The van der Waals surface area contributed by atoms with Crippen molar-refractivity contribution in [3.63, 3.8) is 0 Å². The third-order valence-corrected chi connectivity index (χ3v) is 3.63. The molecule has 0 saturated carbocycles. The van der Waals surface area contributed by atoms with E-state index in [0.29, 0.717) is 22.4 Å². The number of carbonyl (C=O) groups is 1. The number of ether oxygens (including phenoxy) is 3. The maximum absolute atomic E-state index is 12.8. The van der Waals surface area contributed by atoms with Crippen molar-refractivity contribution in [1.82, 2.24) is 0 Å². The van der Waals surface area contributed by atoms with Crippen LogP contribution >= 0.6 is 0 Å². The smallest absolute Gasteiger partial charge is 0.331 e. The number of esters is 1. The first-order valence-corrected chi connectivity index (χ1v) is 7.64. The van der Waals surface area contributed by atoms with Gasteiger partial charge in [-0.25, -0.2) is 9.18 Å². The summed E-state index contributed by atoms with van der Waals surface area (Å²) in [4.78, 5) is 22.4. The molecule has 0 aromatic heterocycles. The molecule has 3 rings (SSSR count). The van der Waals surface area contributed by atoms with E-state index in [1.807, 2.05) is 0 Å². The van der Waals surface area contributed by atoms with Crippen molar-refractivity contribution in [2.45, 2.75) is 13.2 Å². The molecule has 26 heavy (non-hydrogen) atoms. The van der Waals surface area contributed by atoms with Gasteiger partial charge in [0.25, 0.3) is 5.69 Å². The fourth-order valence-electron chi connectivity index (χ4n) is 2.43. The van der Waals surface area contributed by atoms with Crippen molar-refractivity contribution in [2.24, 2.45) is 0 Å². The predicted molar refractivity (Wildman–Crippen MR) is 88.6 cm³/mol. The van der Waals surface area contributed by atoms with Gasteiger partial charge in [0.2, 0.25) is 0 Å². The zero-order chi connectivity index (χ0) is 18.5. The second kappa shape index (κ2) is 7.75. The van der Waals surface area contributed by atoms with Crippen LogP contribution < -0.4 is 4.74 Å². The van der Waals surface area contributed by atoms with Crippen LogP contribution in [0.1, 0.15) is 16.7 Å². The molecule has 7 nitrogen and oxygen atoms in total. The molecule has 0 spiro atoms. The van der Waals surface area contributed by atoms with E-state index in [4.69, 9.17) is 14.2 Å². The highest BCUT2D eigenvalue weighted by Gasteiger charge is 2.21. The molecule has 2 aromatic rings. The minimum atomic E-state index is -0.637. The van der Waals surface area contributed by atoms with Gasteiger partial charge in [0.05, 0.1) is 11.5 Å². The number of non-ortho nitro benzene ring substituents is 1. The van der Waals surface area contributed by atoms with Crippen LogP contribution in [-0.2, 0) is 27.5 Å². The Bertz CT molecular complexity index is 863. The Morgan fingerprint density at radius 1 is 1.31 bits per heavy atom. The molecule has 0 fully saturated rings. The van der Waals surface area contributed by atoms with E-state index in [2.05, 4.69) is 0 Å². The second-order valence-corrected chi connectivity index (χ2v) is 5.45. The van der Waals surface area contributed by atoms with Gasteiger partial charge in [0.15, 0.2) is 6.79 Å². The highest BCUT2D eigenvalue weighted by atomic mass is 19.1. The van der Waals surface area contributed by atoms with E-state index in [1.165, 1.54) is 48.6 Å². The van der Waals surface area contributed by atoms with Gasteiger partial charge in [-0.2, -0.15) is 0 Å². The van der Waals surface area contributed by atoms with E-state index in [9.17, 15) is 19.3 Å². The predicted octanol–water partition coefficient (Wildman–Crippen LogP) is 3.36. The monoisotopic (exact) mass is 359 g/mol. The van der Waals surface area contributed by atoms with Crippen molar-refractivity contribution in [3.05, 3.63) is 75.1 Å². The quantitative estimate of drug-likeness (QED) is 0.352. The molecule has 1 aliphatic heterocycles. The molecular formula is C18H14FNO6. The zero-order valence-electron chi connectivity index (χ0n) is 13.5. The molecule has 0 saturated heterocycles. The van der Waals surface area contributed by atoms with Gasteiger partial charge in [-0.05, 0) is 23.8 Å². The van der Waals surface area contributed by atoms with Crippen molar-refractivity contribution in [1.29, 1.82) is 0 Å². The SMILES string of the molecule is O=C(/C=C/c1ccc(F)cc1)OCc1cc([N+](=O)[O-])cc2c1OCOC2. The van der Waals surface area contributed by atoms with E-state index in [1.54, 1.807) is 0 Å². The highest BCUT2D eigenvalue weighted by Crippen LogP contribution is 2.33.